The molecule has 3 N–H and O–H groups in total. The molecule has 24 heavy (non-hydrogen) atoms. The average molecular weight is 367 g/mol. The van der Waals surface area contributed by atoms with Crippen LogP contribution in [0.4, 0.5) is 4.79 Å². The fourth-order valence-corrected chi connectivity index (χ4v) is 3.53. The quantitative estimate of drug-likeness (QED) is 0.665. The van der Waals surface area contributed by atoms with Gasteiger partial charge in [0.25, 0.3) is 0 Å². The number of urea groups is 1. The zero-order valence-corrected chi connectivity index (χ0v) is 15.0. The summed E-state index contributed by atoms with van der Waals surface area (Å²) in [6, 6.07) is 10.9. The van der Waals surface area contributed by atoms with Crippen LogP contribution in [-0.2, 0) is 28.7 Å². The highest BCUT2D eigenvalue weighted by Crippen LogP contribution is 2.09. The lowest BCUT2D eigenvalue weighted by Crippen LogP contribution is -2.36. The molecule has 0 aliphatic carbocycles. The van der Waals surface area contributed by atoms with E-state index in [0.29, 0.717) is 18.7 Å². The van der Waals surface area contributed by atoms with Crippen molar-refractivity contribution in [2.45, 2.75) is 18.7 Å². The van der Waals surface area contributed by atoms with Crippen LogP contribution in [0.5, 0.6) is 0 Å². The maximum atomic E-state index is 11.7. The van der Waals surface area contributed by atoms with Gasteiger partial charge in [0.05, 0.1) is 5.75 Å². The molecule has 0 spiro atoms. The molecule has 0 radical (unpaired) electrons. The lowest BCUT2D eigenvalue weighted by molar-refractivity contribution is 0.240. The molecule has 0 fully saturated rings. The van der Waals surface area contributed by atoms with Crippen LogP contribution >= 0.6 is 11.3 Å². The smallest absolute Gasteiger partial charge is 0.315 e. The molecule has 0 bridgehead atoms. The predicted octanol–water partition coefficient (Wildman–Crippen LogP) is 1.84. The summed E-state index contributed by atoms with van der Waals surface area (Å²) in [4.78, 5) is 13.0. The van der Waals surface area contributed by atoms with Crippen molar-refractivity contribution in [3.05, 3.63) is 57.8 Å². The summed E-state index contributed by atoms with van der Waals surface area (Å²) in [5.41, 5.74) is 1.61. The number of nitrogens with one attached hydrogen (secondary N) is 3. The number of carbonyl (C=O) groups is 1. The molecule has 2 rings (SSSR count). The number of carbonyl (C=O) groups excluding carboxylic acids is 1. The molecule has 0 saturated carbocycles. The van der Waals surface area contributed by atoms with Crippen LogP contribution in [0.15, 0.2) is 41.8 Å². The molecule has 0 atom stereocenters. The van der Waals surface area contributed by atoms with E-state index in [4.69, 9.17) is 0 Å². The Kier molecular flexibility index (Phi) is 6.77. The van der Waals surface area contributed by atoms with Crippen molar-refractivity contribution in [1.82, 2.24) is 15.4 Å². The van der Waals surface area contributed by atoms with Crippen LogP contribution < -0.4 is 15.4 Å². The molecule has 1 aromatic heterocycles. The third-order valence-corrected chi connectivity index (χ3v) is 5.65. The zero-order chi connectivity index (χ0) is 17.4. The summed E-state index contributed by atoms with van der Waals surface area (Å²) in [5, 5.41) is 7.61. The first-order valence-electron chi connectivity index (χ1n) is 7.51. The second-order valence-electron chi connectivity index (χ2n) is 5.22. The summed E-state index contributed by atoms with van der Waals surface area (Å²) in [6.07, 6.45) is 0.819. The SMILES string of the molecule is CNS(=O)(=O)Cc1ccc(CNC(=O)NCCc2cccs2)cc1. The van der Waals surface area contributed by atoms with Crippen LogP contribution in [0.1, 0.15) is 16.0 Å². The van der Waals surface area contributed by atoms with Gasteiger partial charge in [-0.25, -0.2) is 17.9 Å². The highest BCUT2D eigenvalue weighted by Gasteiger charge is 2.08. The maximum Gasteiger partial charge on any atom is 0.315 e. The number of amides is 2. The van der Waals surface area contributed by atoms with E-state index in [1.54, 1.807) is 23.5 Å². The molecule has 6 nitrogen and oxygen atoms in total. The minimum absolute atomic E-state index is 0.0551. The average Bonchev–Trinajstić information content (AvgIpc) is 3.07. The van der Waals surface area contributed by atoms with Gasteiger partial charge in [-0.05, 0) is 36.0 Å². The van der Waals surface area contributed by atoms with Gasteiger partial charge in [0, 0.05) is 18.0 Å². The van der Waals surface area contributed by atoms with Gasteiger partial charge >= 0.3 is 6.03 Å². The van der Waals surface area contributed by atoms with Crippen molar-refractivity contribution in [3.8, 4) is 0 Å². The van der Waals surface area contributed by atoms with Crippen molar-refractivity contribution in [1.29, 1.82) is 0 Å². The second kappa shape index (κ2) is 8.81. The number of rotatable bonds is 8. The molecule has 130 valence electrons. The minimum Gasteiger partial charge on any atom is -0.338 e. The minimum atomic E-state index is -3.27. The number of hydrogen-bond donors (Lipinski definition) is 3. The Morgan fingerprint density at radius 3 is 2.42 bits per heavy atom. The van der Waals surface area contributed by atoms with E-state index in [1.165, 1.54) is 11.9 Å². The highest BCUT2D eigenvalue weighted by atomic mass is 32.2. The van der Waals surface area contributed by atoms with Crippen molar-refractivity contribution >= 4 is 27.4 Å². The Bertz CT molecular complexity index is 741. The number of benzene rings is 1. The third-order valence-electron chi connectivity index (χ3n) is 3.38. The zero-order valence-electron chi connectivity index (χ0n) is 13.4. The molecule has 1 aromatic carbocycles. The van der Waals surface area contributed by atoms with Gasteiger partial charge < -0.3 is 10.6 Å². The van der Waals surface area contributed by atoms with Gasteiger partial charge in [-0.3, -0.25) is 0 Å². The van der Waals surface area contributed by atoms with Gasteiger partial charge in [-0.2, -0.15) is 0 Å². The van der Waals surface area contributed by atoms with Gasteiger partial charge in [-0.1, -0.05) is 30.3 Å². The first-order valence-corrected chi connectivity index (χ1v) is 10.0. The van der Waals surface area contributed by atoms with E-state index < -0.39 is 10.0 Å². The summed E-state index contributed by atoms with van der Waals surface area (Å²) in [6.45, 7) is 0.983. The summed E-state index contributed by atoms with van der Waals surface area (Å²) in [5.74, 6) is -0.0551. The van der Waals surface area contributed by atoms with E-state index in [2.05, 4.69) is 15.4 Å². The van der Waals surface area contributed by atoms with Gasteiger partial charge in [-0.15, -0.1) is 11.3 Å². The molecule has 0 aliphatic rings. The Labute approximate surface area is 146 Å². The van der Waals surface area contributed by atoms with Gasteiger partial charge in [0.1, 0.15) is 0 Å². The monoisotopic (exact) mass is 367 g/mol. The largest absolute Gasteiger partial charge is 0.338 e. The van der Waals surface area contributed by atoms with E-state index in [0.717, 1.165) is 12.0 Å². The van der Waals surface area contributed by atoms with Crippen molar-refractivity contribution in [2.75, 3.05) is 13.6 Å². The molecule has 1 heterocycles. The van der Waals surface area contributed by atoms with Crippen molar-refractivity contribution in [2.24, 2.45) is 0 Å². The van der Waals surface area contributed by atoms with Crippen LogP contribution in [0.2, 0.25) is 0 Å². The van der Waals surface area contributed by atoms with E-state index >= 15 is 0 Å². The normalized spacial score (nSPS) is 11.2. The first-order chi connectivity index (χ1) is 11.5. The maximum absolute atomic E-state index is 11.7. The molecule has 2 aromatic rings. The van der Waals surface area contributed by atoms with E-state index in [-0.39, 0.29) is 11.8 Å². The molecule has 8 heteroatoms. The van der Waals surface area contributed by atoms with Crippen LogP contribution in [-0.4, -0.2) is 28.0 Å². The second-order valence-corrected chi connectivity index (χ2v) is 8.18. The Morgan fingerprint density at radius 1 is 1.08 bits per heavy atom. The fraction of sp³-hybridized carbons (Fsp3) is 0.312. The lowest BCUT2D eigenvalue weighted by atomic mass is 10.1. The van der Waals surface area contributed by atoms with E-state index in [1.807, 2.05) is 29.6 Å². The van der Waals surface area contributed by atoms with Crippen LogP contribution in [0, 0.1) is 0 Å². The molecule has 0 unspecified atom stereocenters. The van der Waals surface area contributed by atoms with Crippen molar-refractivity contribution in [3.63, 3.8) is 0 Å². The summed E-state index contributed by atoms with van der Waals surface area (Å²) in [7, 11) is -1.88. The summed E-state index contributed by atoms with van der Waals surface area (Å²) >= 11 is 1.67. The van der Waals surface area contributed by atoms with Crippen LogP contribution in [0.3, 0.4) is 0 Å². The lowest BCUT2D eigenvalue weighted by Gasteiger charge is -2.08. The Hall–Kier alpha value is -1.90. The van der Waals surface area contributed by atoms with Gasteiger partial charge in [0.2, 0.25) is 10.0 Å². The molecular weight excluding hydrogens is 346 g/mol. The molecule has 2 amide bonds. The van der Waals surface area contributed by atoms with Crippen molar-refractivity contribution < 1.29 is 13.2 Å². The number of sulfonamides is 1. The number of hydrogen-bond acceptors (Lipinski definition) is 4. The standard InChI is InChI=1S/C16H21N3O3S2/c1-17-24(21,22)12-14-6-4-13(5-7-14)11-19-16(20)18-9-8-15-3-2-10-23-15/h2-7,10,17H,8-9,11-12H2,1H3,(H2,18,19,20). The molecule has 0 aliphatic heterocycles. The first kappa shape index (κ1) is 18.4. The Morgan fingerprint density at radius 2 is 1.79 bits per heavy atom. The predicted molar refractivity (Wildman–Crippen MR) is 96.4 cm³/mol. The Balaban J connectivity index is 1.72. The fourth-order valence-electron chi connectivity index (χ4n) is 2.04. The third kappa shape index (κ3) is 6.31. The summed E-state index contributed by atoms with van der Waals surface area (Å²) < 4.78 is 25.2. The van der Waals surface area contributed by atoms with E-state index in [9.17, 15) is 13.2 Å². The van der Waals surface area contributed by atoms with Gasteiger partial charge in [0.15, 0.2) is 0 Å². The molecular formula is C16H21N3O3S2. The molecule has 0 saturated heterocycles. The topological polar surface area (TPSA) is 87.3 Å². The highest BCUT2D eigenvalue weighted by molar-refractivity contribution is 7.88. The number of thiophene rings is 1. The van der Waals surface area contributed by atoms with Crippen LogP contribution in [0.25, 0.3) is 0 Å².